The molecule has 7 heteroatoms. The summed E-state index contributed by atoms with van der Waals surface area (Å²) >= 11 is 3.45. The molecule has 0 spiro atoms. The molecule has 3 rings (SSSR count). The zero-order chi connectivity index (χ0) is 14.7. The van der Waals surface area contributed by atoms with E-state index < -0.39 is 0 Å². The fourth-order valence-corrected chi connectivity index (χ4v) is 3.02. The summed E-state index contributed by atoms with van der Waals surface area (Å²) in [4.78, 5) is 14.2. The van der Waals surface area contributed by atoms with Crippen LogP contribution in [0.15, 0.2) is 28.7 Å². The van der Waals surface area contributed by atoms with Crippen LogP contribution in [-0.2, 0) is 4.79 Å². The molecule has 1 aliphatic carbocycles. The lowest BCUT2D eigenvalue weighted by Crippen LogP contribution is -2.42. The number of nitrogens with zero attached hydrogens (tertiary/aromatic N) is 1. The summed E-state index contributed by atoms with van der Waals surface area (Å²) in [6.07, 6.45) is 3.66. The molecule has 1 saturated carbocycles. The van der Waals surface area contributed by atoms with Crippen LogP contribution < -0.4 is 15.5 Å². The summed E-state index contributed by atoms with van der Waals surface area (Å²) in [5.74, 6) is 0.940. The van der Waals surface area contributed by atoms with E-state index in [1.807, 2.05) is 0 Å². The van der Waals surface area contributed by atoms with E-state index in [2.05, 4.69) is 55.7 Å². The summed E-state index contributed by atoms with van der Waals surface area (Å²) in [6, 6.07) is 8.62. The fraction of sp³-hybridized carbons (Fsp3) is 0.562. The van der Waals surface area contributed by atoms with Crippen LogP contribution in [-0.4, -0.2) is 38.1 Å². The van der Waals surface area contributed by atoms with E-state index in [0.717, 1.165) is 36.4 Å². The summed E-state index contributed by atoms with van der Waals surface area (Å²) in [6.45, 7) is 3.34. The minimum atomic E-state index is 0. The molecule has 1 aromatic carbocycles. The first-order chi connectivity index (χ1) is 10.2. The molecule has 1 heterocycles. The molecule has 0 radical (unpaired) electrons. The summed E-state index contributed by atoms with van der Waals surface area (Å²) in [7, 11) is 0. The van der Waals surface area contributed by atoms with Crippen molar-refractivity contribution in [3.63, 3.8) is 0 Å². The lowest BCUT2D eigenvalue weighted by molar-refractivity contribution is -0.120. The van der Waals surface area contributed by atoms with Crippen molar-refractivity contribution in [3.05, 3.63) is 28.7 Å². The standard InChI is InChI=1S/C16H22BrN3O.2ClH/c17-13-3-5-15(6-4-13)20-8-7-14(11-20)19-16(21)10-18-9-12-1-2-12;;/h3-6,12,14,18H,1-2,7-11H2,(H,19,21);2*1H. The first kappa shape index (κ1) is 20.6. The van der Waals surface area contributed by atoms with Gasteiger partial charge >= 0.3 is 0 Å². The Hall–Kier alpha value is -0.490. The third-order valence-electron chi connectivity index (χ3n) is 4.16. The maximum atomic E-state index is 11.9. The molecule has 2 fully saturated rings. The Balaban J connectivity index is 0.00000132. The van der Waals surface area contributed by atoms with E-state index in [1.165, 1.54) is 18.5 Å². The Bertz CT molecular complexity index is 497. The first-order valence-electron chi connectivity index (χ1n) is 7.71. The average Bonchev–Trinajstić information content (AvgIpc) is 3.18. The van der Waals surface area contributed by atoms with Gasteiger partial charge in [-0.1, -0.05) is 15.9 Å². The van der Waals surface area contributed by atoms with Crippen molar-refractivity contribution in [2.75, 3.05) is 31.1 Å². The molecule has 0 aromatic heterocycles. The number of hydrogen-bond acceptors (Lipinski definition) is 3. The largest absolute Gasteiger partial charge is 0.369 e. The summed E-state index contributed by atoms with van der Waals surface area (Å²) in [5.41, 5.74) is 1.22. The maximum absolute atomic E-state index is 11.9. The number of anilines is 1. The zero-order valence-corrected chi connectivity index (χ0v) is 16.2. The van der Waals surface area contributed by atoms with Gasteiger partial charge in [0.25, 0.3) is 0 Å². The molecule has 1 aromatic rings. The maximum Gasteiger partial charge on any atom is 0.234 e. The van der Waals surface area contributed by atoms with Crippen LogP contribution in [0.4, 0.5) is 5.69 Å². The van der Waals surface area contributed by atoms with Crippen molar-refractivity contribution in [2.24, 2.45) is 5.92 Å². The molecular weight excluding hydrogens is 401 g/mol. The molecule has 4 nitrogen and oxygen atoms in total. The van der Waals surface area contributed by atoms with Crippen LogP contribution in [0.25, 0.3) is 0 Å². The highest BCUT2D eigenvalue weighted by molar-refractivity contribution is 9.10. The second-order valence-electron chi connectivity index (χ2n) is 6.05. The molecule has 1 amide bonds. The fourth-order valence-electron chi connectivity index (χ4n) is 2.76. The van der Waals surface area contributed by atoms with Crippen molar-refractivity contribution in [2.45, 2.75) is 25.3 Å². The predicted octanol–water partition coefficient (Wildman–Crippen LogP) is 2.99. The van der Waals surface area contributed by atoms with Gasteiger partial charge in [0.1, 0.15) is 0 Å². The lowest BCUT2D eigenvalue weighted by Gasteiger charge is -2.19. The van der Waals surface area contributed by atoms with E-state index in [4.69, 9.17) is 0 Å². The minimum Gasteiger partial charge on any atom is -0.369 e. The van der Waals surface area contributed by atoms with Crippen LogP contribution in [0.2, 0.25) is 0 Å². The Morgan fingerprint density at radius 1 is 1.17 bits per heavy atom. The Morgan fingerprint density at radius 3 is 2.52 bits per heavy atom. The smallest absolute Gasteiger partial charge is 0.234 e. The normalized spacial score (nSPS) is 19.7. The highest BCUT2D eigenvalue weighted by Gasteiger charge is 2.24. The Kier molecular flexibility index (Phi) is 8.69. The third kappa shape index (κ3) is 6.49. The van der Waals surface area contributed by atoms with Gasteiger partial charge in [-0.25, -0.2) is 0 Å². The lowest BCUT2D eigenvalue weighted by atomic mass is 10.2. The highest BCUT2D eigenvalue weighted by atomic mass is 79.9. The van der Waals surface area contributed by atoms with Crippen molar-refractivity contribution < 1.29 is 4.79 Å². The van der Waals surface area contributed by atoms with Crippen molar-refractivity contribution in [1.82, 2.24) is 10.6 Å². The summed E-state index contributed by atoms with van der Waals surface area (Å²) in [5, 5.41) is 6.37. The quantitative estimate of drug-likeness (QED) is 0.737. The van der Waals surface area contributed by atoms with Gasteiger partial charge in [-0.15, -0.1) is 24.8 Å². The monoisotopic (exact) mass is 423 g/mol. The molecule has 1 aliphatic heterocycles. The first-order valence-corrected chi connectivity index (χ1v) is 8.50. The van der Waals surface area contributed by atoms with E-state index in [1.54, 1.807) is 0 Å². The van der Waals surface area contributed by atoms with Crippen molar-refractivity contribution in [1.29, 1.82) is 0 Å². The van der Waals surface area contributed by atoms with E-state index in [-0.39, 0.29) is 36.8 Å². The Morgan fingerprint density at radius 2 is 1.87 bits per heavy atom. The third-order valence-corrected chi connectivity index (χ3v) is 4.69. The number of hydrogen-bond donors (Lipinski definition) is 2. The van der Waals surface area contributed by atoms with Gasteiger partial charge in [-0.3, -0.25) is 4.79 Å². The SMILES string of the molecule is Cl.Cl.O=C(CNCC1CC1)NC1CCN(c2ccc(Br)cc2)C1. The van der Waals surface area contributed by atoms with Gasteiger partial charge in [-0.05, 0) is 56.0 Å². The average molecular weight is 425 g/mol. The molecular formula is C16H24BrCl2N3O. The molecule has 23 heavy (non-hydrogen) atoms. The molecule has 0 bridgehead atoms. The number of benzene rings is 1. The number of halogens is 3. The molecule has 1 saturated heterocycles. The topological polar surface area (TPSA) is 44.4 Å². The van der Waals surface area contributed by atoms with Gasteiger partial charge in [0, 0.05) is 29.3 Å². The number of carbonyl (C=O) groups is 1. The molecule has 1 unspecified atom stereocenters. The highest BCUT2D eigenvalue weighted by Crippen LogP contribution is 2.27. The van der Waals surface area contributed by atoms with Crippen LogP contribution >= 0.6 is 40.7 Å². The van der Waals surface area contributed by atoms with Gasteiger partial charge in [0.15, 0.2) is 0 Å². The molecule has 2 N–H and O–H groups in total. The van der Waals surface area contributed by atoms with Crippen LogP contribution in [0, 0.1) is 5.92 Å². The van der Waals surface area contributed by atoms with Gasteiger partial charge in [0.2, 0.25) is 5.91 Å². The van der Waals surface area contributed by atoms with Crippen LogP contribution in [0.3, 0.4) is 0 Å². The number of nitrogens with one attached hydrogen (secondary N) is 2. The summed E-state index contributed by atoms with van der Waals surface area (Å²) < 4.78 is 1.09. The zero-order valence-electron chi connectivity index (χ0n) is 13.0. The number of amides is 1. The molecule has 130 valence electrons. The van der Waals surface area contributed by atoms with Crippen molar-refractivity contribution in [3.8, 4) is 0 Å². The van der Waals surface area contributed by atoms with Crippen molar-refractivity contribution >= 4 is 52.3 Å². The van der Waals surface area contributed by atoms with Gasteiger partial charge in [-0.2, -0.15) is 0 Å². The van der Waals surface area contributed by atoms with E-state index in [9.17, 15) is 4.79 Å². The van der Waals surface area contributed by atoms with Crippen LogP contribution in [0.1, 0.15) is 19.3 Å². The van der Waals surface area contributed by atoms with Gasteiger partial charge in [0.05, 0.1) is 6.54 Å². The van der Waals surface area contributed by atoms with Crippen LogP contribution in [0.5, 0.6) is 0 Å². The predicted molar refractivity (Wildman–Crippen MR) is 103 cm³/mol. The molecule has 2 aliphatic rings. The van der Waals surface area contributed by atoms with E-state index >= 15 is 0 Å². The molecule has 1 atom stereocenters. The minimum absolute atomic E-state index is 0. The number of rotatable bonds is 6. The van der Waals surface area contributed by atoms with E-state index in [0.29, 0.717) is 6.54 Å². The second-order valence-corrected chi connectivity index (χ2v) is 6.97. The number of carbonyl (C=O) groups excluding carboxylic acids is 1. The Labute approximate surface area is 158 Å². The van der Waals surface area contributed by atoms with Gasteiger partial charge < -0.3 is 15.5 Å². The second kappa shape index (κ2) is 9.72.